The highest BCUT2D eigenvalue weighted by Crippen LogP contribution is 2.21. The van der Waals surface area contributed by atoms with E-state index in [1.807, 2.05) is 0 Å². The van der Waals surface area contributed by atoms with E-state index in [4.69, 9.17) is 4.74 Å². The molecule has 0 aromatic rings. The SMILES string of the molecule is CC1OC(OS)C(O)C(O)C1O. The predicted octanol–water partition coefficient (Wildman–Crippen LogP) is -1.32. The molecular formula is C6H12O5S. The Bertz CT molecular complexity index is 150. The van der Waals surface area contributed by atoms with Crippen LogP contribution in [0.5, 0.6) is 0 Å². The number of aliphatic hydroxyl groups excluding tert-OH is 3. The number of ether oxygens (including phenoxy) is 1. The van der Waals surface area contributed by atoms with Crippen LogP contribution < -0.4 is 0 Å². The summed E-state index contributed by atoms with van der Waals surface area (Å²) >= 11 is 3.46. The van der Waals surface area contributed by atoms with Crippen LogP contribution in [-0.4, -0.2) is 46.0 Å². The van der Waals surface area contributed by atoms with Crippen molar-refractivity contribution in [2.75, 3.05) is 0 Å². The lowest BCUT2D eigenvalue weighted by atomic mass is 10.0. The average Bonchev–Trinajstić information content (AvgIpc) is 2.08. The number of hydrogen-bond acceptors (Lipinski definition) is 6. The first-order valence-corrected chi connectivity index (χ1v) is 3.94. The summed E-state index contributed by atoms with van der Waals surface area (Å²) in [6, 6.07) is 0. The Balaban J connectivity index is 2.63. The third-order valence-corrected chi connectivity index (χ3v) is 2.12. The van der Waals surface area contributed by atoms with Crippen LogP contribution in [0.1, 0.15) is 6.92 Å². The summed E-state index contributed by atoms with van der Waals surface area (Å²) < 4.78 is 9.42. The molecule has 1 fully saturated rings. The Morgan fingerprint density at radius 2 is 1.75 bits per heavy atom. The van der Waals surface area contributed by atoms with Crippen LogP contribution in [0.3, 0.4) is 0 Å². The van der Waals surface area contributed by atoms with E-state index >= 15 is 0 Å². The van der Waals surface area contributed by atoms with E-state index in [0.29, 0.717) is 0 Å². The monoisotopic (exact) mass is 196 g/mol. The minimum atomic E-state index is -1.27. The quantitative estimate of drug-likeness (QED) is 0.309. The molecule has 0 aromatic heterocycles. The van der Waals surface area contributed by atoms with E-state index in [2.05, 4.69) is 17.1 Å². The van der Waals surface area contributed by atoms with Crippen molar-refractivity contribution in [3.63, 3.8) is 0 Å². The molecule has 0 bridgehead atoms. The fraction of sp³-hybridized carbons (Fsp3) is 1.00. The number of aliphatic hydroxyl groups is 3. The number of thiol groups is 1. The maximum atomic E-state index is 9.22. The Morgan fingerprint density at radius 3 is 2.25 bits per heavy atom. The zero-order valence-electron chi connectivity index (χ0n) is 6.49. The third-order valence-electron chi connectivity index (χ3n) is 1.91. The van der Waals surface area contributed by atoms with Gasteiger partial charge in [0.2, 0.25) is 0 Å². The van der Waals surface area contributed by atoms with Gasteiger partial charge >= 0.3 is 0 Å². The van der Waals surface area contributed by atoms with E-state index in [1.54, 1.807) is 6.92 Å². The van der Waals surface area contributed by atoms with Crippen molar-refractivity contribution in [3.8, 4) is 0 Å². The van der Waals surface area contributed by atoms with Crippen LogP contribution in [0, 0.1) is 0 Å². The summed E-state index contributed by atoms with van der Waals surface area (Å²) in [4.78, 5) is 0. The summed E-state index contributed by atoms with van der Waals surface area (Å²) in [7, 11) is 0. The van der Waals surface area contributed by atoms with Gasteiger partial charge in [-0.1, -0.05) is 0 Å². The van der Waals surface area contributed by atoms with Crippen molar-refractivity contribution < 1.29 is 24.2 Å². The molecule has 12 heavy (non-hydrogen) atoms. The molecule has 5 atom stereocenters. The average molecular weight is 196 g/mol. The highest BCUT2D eigenvalue weighted by molar-refractivity contribution is 7.75. The third kappa shape index (κ3) is 1.73. The fourth-order valence-corrected chi connectivity index (χ4v) is 1.27. The van der Waals surface area contributed by atoms with Gasteiger partial charge in [-0.3, -0.25) is 4.18 Å². The first kappa shape index (κ1) is 10.2. The first-order valence-electron chi connectivity index (χ1n) is 3.57. The second kappa shape index (κ2) is 3.91. The molecule has 0 saturated carbocycles. The van der Waals surface area contributed by atoms with Gasteiger partial charge in [0.1, 0.15) is 18.3 Å². The molecule has 1 saturated heterocycles. The molecule has 1 aliphatic heterocycles. The van der Waals surface area contributed by atoms with Gasteiger partial charge in [0.15, 0.2) is 6.29 Å². The lowest BCUT2D eigenvalue weighted by Crippen LogP contribution is -2.56. The molecule has 5 unspecified atom stereocenters. The van der Waals surface area contributed by atoms with Gasteiger partial charge in [-0.2, -0.15) is 0 Å². The van der Waals surface area contributed by atoms with Crippen molar-refractivity contribution in [3.05, 3.63) is 0 Å². The zero-order chi connectivity index (χ0) is 9.30. The molecule has 72 valence electrons. The van der Waals surface area contributed by atoms with Crippen LogP contribution in [-0.2, 0) is 8.92 Å². The number of hydrogen-bond donors (Lipinski definition) is 4. The molecule has 1 rings (SSSR count). The highest BCUT2D eigenvalue weighted by Gasteiger charge is 2.42. The molecular weight excluding hydrogens is 184 g/mol. The molecule has 3 N–H and O–H groups in total. The van der Waals surface area contributed by atoms with E-state index < -0.39 is 30.7 Å². The molecule has 0 radical (unpaired) electrons. The van der Waals surface area contributed by atoms with E-state index in [9.17, 15) is 15.3 Å². The van der Waals surface area contributed by atoms with E-state index in [1.165, 1.54) is 0 Å². The number of rotatable bonds is 1. The van der Waals surface area contributed by atoms with Crippen molar-refractivity contribution in [2.45, 2.75) is 37.6 Å². The molecule has 0 aromatic carbocycles. The highest BCUT2D eigenvalue weighted by atomic mass is 32.1. The second-order valence-corrected chi connectivity index (χ2v) is 3.00. The van der Waals surface area contributed by atoms with Gasteiger partial charge in [0.25, 0.3) is 0 Å². The van der Waals surface area contributed by atoms with Crippen LogP contribution >= 0.6 is 12.9 Å². The van der Waals surface area contributed by atoms with Gasteiger partial charge in [-0.25, -0.2) is 0 Å². The first-order chi connectivity index (χ1) is 5.57. The Kier molecular flexibility index (Phi) is 3.33. The van der Waals surface area contributed by atoms with Crippen LogP contribution in [0.25, 0.3) is 0 Å². The standard InChI is InChI=1S/C6H12O5S/c1-2-3(7)4(8)5(9)6(10-2)11-12/h2-9,12H,1H3. The van der Waals surface area contributed by atoms with Crippen molar-refractivity contribution in [1.29, 1.82) is 0 Å². The summed E-state index contributed by atoms with van der Waals surface area (Å²) in [5.74, 6) is 0. The lowest BCUT2D eigenvalue weighted by molar-refractivity contribution is -0.264. The van der Waals surface area contributed by atoms with Gasteiger partial charge in [0, 0.05) is 0 Å². The van der Waals surface area contributed by atoms with Crippen molar-refractivity contribution in [2.24, 2.45) is 0 Å². The minimum absolute atomic E-state index is 0.583. The summed E-state index contributed by atoms with van der Waals surface area (Å²) in [5, 5.41) is 27.7. The van der Waals surface area contributed by atoms with Crippen LogP contribution in [0.15, 0.2) is 0 Å². The fourth-order valence-electron chi connectivity index (χ4n) is 1.10. The largest absolute Gasteiger partial charge is 0.388 e. The Morgan fingerprint density at radius 1 is 1.17 bits per heavy atom. The second-order valence-electron chi connectivity index (χ2n) is 2.79. The molecule has 0 aliphatic carbocycles. The zero-order valence-corrected chi connectivity index (χ0v) is 7.39. The maximum Gasteiger partial charge on any atom is 0.199 e. The summed E-state index contributed by atoms with van der Waals surface area (Å²) in [5.41, 5.74) is 0. The van der Waals surface area contributed by atoms with Crippen LogP contribution in [0.2, 0.25) is 0 Å². The van der Waals surface area contributed by atoms with Crippen molar-refractivity contribution >= 4 is 12.9 Å². The van der Waals surface area contributed by atoms with E-state index in [-0.39, 0.29) is 0 Å². The summed E-state index contributed by atoms with van der Waals surface area (Å²) in [6.07, 6.45) is -5.21. The van der Waals surface area contributed by atoms with Gasteiger partial charge < -0.3 is 20.1 Å². The maximum absolute atomic E-state index is 9.22. The Labute approximate surface area is 75.5 Å². The Hall–Kier alpha value is 0.150. The van der Waals surface area contributed by atoms with Gasteiger partial charge in [-0.05, 0) is 19.8 Å². The van der Waals surface area contributed by atoms with Gasteiger partial charge in [-0.15, -0.1) is 0 Å². The normalized spacial score (nSPS) is 49.2. The van der Waals surface area contributed by atoms with Crippen LogP contribution in [0.4, 0.5) is 0 Å². The minimum Gasteiger partial charge on any atom is -0.388 e. The molecule has 1 aliphatic rings. The molecule has 0 amide bonds. The van der Waals surface area contributed by atoms with E-state index in [0.717, 1.165) is 0 Å². The van der Waals surface area contributed by atoms with Gasteiger partial charge in [0.05, 0.1) is 6.10 Å². The smallest absolute Gasteiger partial charge is 0.199 e. The topological polar surface area (TPSA) is 79.2 Å². The molecule has 0 spiro atoms. The predicted molar refractivity (Wildman–Crippen MR) is 42.4 cm³/mol. The molecule has 6 heteroatoms. The summed E-state index contributed by atoms with van der Waals surface area (Å²) in [6.45, 7) is 1.57. The lowest BCUT2D eigenvalue weighted by Gasteiger charge is -2.37. The van der Waals surface area contributed by atoms with Crippen molar-refractivity contribution in [1.82, 2.24) is 0 Å². The molecule has 5 nitrogen and oxygen atoms in total. The molecule has 1 heterocycles.